The number of halogens is 1. The van der Waals surface area contributed by atoms with Crippen LogP contribution in [0, 0.1) is 0 Å². The van der Waals surface area contributed by atoms with Crippen molar-refractivity contribution in [2.45, 2.75) is 10.9 Å². The van der Waals surface area contributed by atoms with Crippen molar-refractivity contribution < 1.29 is 9.47 Å². The maximum Gasteiger partial charge on any atom is 0.127 e. The smallest absolute Gasteiger partial charge is 0.127 e. The summed E-state index contributed by atoms with van der Waals surface area (Å²) in [6.45, 7) is 0. The molecule has 2 aromatic carbocycles. The number of nitrogens with two attached hydrogens (primary N) is 1. The summed E-state index contributed by atoms with van der Waals surface area (Å²) in [6, 6.07) is 13.6. The molecule has 112 valence electrons. The van der Waals surface area contributed by atoms with Gasteiger partial charge in [0.2, 0.25) is 0 Å². The van der Waals surface area contributed by atoms with E-state index in [0.29, 0.717) is 0 Å². The van der Waals surface area contributed by atoms with Crippen LogP contribution in [0.15, 0.2) is 51.8 Å². The van der Waals surface area contributed by atoms with E-state index in [0.717, 1.165) is 27.3 Å². The third-order valence-electron chi connectivity index (χ3n) is 3.09. The topological polar surface area (TPSA) is 44.5 Å². The number of benzene rings is 2. The third kappa shape index (κ3) is 3.93. The minimum Gasteiger partial charge on any atom is -0.496 e. The highest BCUT2D eigenvalue weighted by Crippen LogP contribution is 2.36. The second-order valence-electron chi connectivity index (χ2n) is 4.42. The van der Waals surface area contributed by atoms with E-state index in [-0.39, 0.29) is 6.04 Å². The highest BCUT2D eigenvalue weighted by Gasteiger charge is 2.18. The minimum absolute atomic E-state index is 0.173. The fourth-order valence-corrected chi connectivity index (χ4v) is 3.60. The number of thioether (sulfide) groups is 1. The molecule has 5 heteroatoms. The molecule has 2 N–H and O–H groups in total. The molecular weight excluding hydrogens is 350 g/mol. The molecular formula is C16H18BrNO2S. The lowest BCUT2D eigenvalue weighted by Crippen LogP contribution is -2.15. The van der Waals surface area contributed by atoms with Crippen LogP contribution in [0.25, 0.3) is 0 Å². The minimum atomic E-state index is -0.173. The molecule has 3 nitrogen and oxygen atoms in total. The summed E-state index contributed by atoms with van der Waals surface area (Å²) in [5.74, 6) is 2.25. The molecule has 0 radical (unpaired) electrons. The van der Waals surface area contributed by atoms with E-state index in [2.05, 4.69) is 22.0 Å². The van der Waals surface area contributed by atoms with E-state index in [1.165, 1.54) is 4.90 Å². The molecule has 0 fully saturated rings. The Morgan fingerprint density at radius 1 is 1.05 bits per heavy atom. The van der Waals surface area contributed by atoms with Crippen LogP contribution in [0.5, 0.6) is 11.5 Å². The van der Waals surface area contributed by atoms with Gasteiger partial charge in [-0.2, -0.15) is 0 Å². The van der Waals surface area contributed by atoms with Crippen molar-refractivity contribution in [1.82, 2.24) is 0 Å². The summed E-state index contributed by atoms with van der Waals surface area (Å²) in [4.78, 5) is 1.17. The molecule has 0 amide bonds. The number of ether oxygens (including phenoxy) is 2. The van der Waals surface area contributed by atoms with Gasteiger partial charge in [-0.1, -0.05) is 18.2 Å². The Morgan fingerprint density at radius 3 is 2.24 bits per heavy atom. The Kier molecular flexibility index (Phi) is 5.96. The predicted molar refractivity (Wildman–Crippen MR) is 91.3 cm³/mol. The fraction of sp³-hybridized carbons (Fsp3) is 0.250. The van der Waals surface area contributed by atoms with Crippen LogP contribution in [-0.2, 0) is 0 Å². The van der Waals surface area contributed by atoms with Crippen molar-refractivity contribution in [3.63, 3.8) is 0 Å². The Morgan fingerprint density at radius 2 is 1.67 bits per heavy atom. The van der Waals surface area contributed by atoms with Gasteiger partial charge < -0.3 is 15.2 Å². The summed E-state index contributed by atoms with van der Waals surface area (Å²) in [5, 5.41) is 0. The lowest BCUT2D eigenvalue weighted by atomic mass is 10.1. The number of hydrogen-bond donors (Lipinski definition) is 1. The molecule has 0 aliphatic rings. The van der Waals surface area contributed by atoms with Crippen molar-refractivity contribution in [3.05, 3.63) is 52.5 Å². The Hall–Kier alpha value is -1.17. The van der Waals surface area contributed by atoms with Gasteiger partial charge in [0.25, 0.3) is 0 Å². The van der Waals surface area contributed by atoms with Gasteiger partial charge in [-0.25, -0.2) is 0 Å². The highest BCUT2D eigenvalue weighted by molar-refractivity contribution is 9.10. The van der Waals surface area contributed by atoms with E-state index in [1.54, 1.807) is 26.0 Å². The number of hydrogen-bond acceptors (Lipinski definition) is 4. The van der Waals surface area contributed by atoms with Gasteiger partial charge >= 0.3 is 0 Å². The molecule has 1 atom stereocenters. The van der Waals surface area contributed by atoms with Gasteiger partial charge in [0, 0.05) is 21.2 Å². The molecule has 2 rings (SSSR count). The zero-order valence-corrected chi connectivity index (χ0v) is 14.4. The Bertz CT molecular complexity index is 584. The summed E-state index contributed by atoms with van der Waals surface area (Å²) >= 11 is 5.25. The van der Waals surface area contributed by atoms with Crippen molar-refractivity contribution in [2.75, 3.05) is 20.0 Å². The number of methoxy groups -OCH3 is 2. The van der Waals surface area contributed by atoms with Crippen LogP contribution in [0.2, 0.25) is 0 Å². The molecule has 0 aliphatic heterocycles. The largest absolute Gasteiger partial charge is 0.496 e. The molecule has 2 aromatic rings. The van der Waals surface area contributed by atoms with Gasteiger partial charge in [0.15, 0.2) is 0 Å². The lowest BCUT2D eigenvalue weighted by molar-refractivity contribution is 0.381. The normalized spacial score (nSPS) is 12.0. The van der Waals surface area contributed by atoms with Crippen LogP contribution < -0.4 is 15.2 Å². The maximum absolute atomic E-state index is 6.35. The Labute approximate surface area is 138 Å². The van der Waals surface area contributed by atoms with Gasteiger partial charge in [-0.15, -0.1) is 11.8 Å². The first-order chi connectivity index (χ1) is 10.2. The average molecular weight is 368 g/mol. The third-order valence-corrected chi connectivity index (χ3v) is 5.24. The molecule has 0 aliphatic carbocycles. The van der Waals surface area contributed by atoms with Crippen LogP contribution in [0.3, 0.4) is 0 Å². The van der Waals surface area contributed by atoms with E-state index < -0.39 is 0 Å². The first-order valence-electron chi connectivity index (χ1n) is 6.51. The summed E-state index contributed by atoms with van der Waals surface area (Å²) in [7, 11) is 3.29. The fourth-order valence-electron chi connectivity index (χ4n) is 2.07. The molecule has 0 spiro atoms. The average Bonchev–Trinajstić information content (AvgIpc) is 2.52. The standard InChI is InChI=1S/C16H18BrNO2S/c1-19-13-7-5-8-14(20-2)16(13)12(18)10-21-15-9-4-3-6-11(15)17/h3-9,12H,10,18H2,1-2H3. The quantitative estimate of drug-likeness (QED) is 0.774. The molecule has 0 aromatic heterocycles. The SMILES string of the molecule is COc1cccc(OC)c1C(N)CSc1ccccc1Br. The van der Waals surface area contributed by atoms with Crippen molar-refractivity contribution in [2.24, 2.45) is 5.73 Å². The van der Waals surface area contributed by atoms with Crippen LogP contribution in [0.1, 0.15) is 11.6 Å². The van der Waals surface area contributed by atoms with Gasteiger partial charge in [-0.05, 0) is 40.2 Å². The lowest BCUT2D eigenvalue weighted by Gasteiger charge is -2.18. The monoisotopic (exact) mass is 367 g/mol. The summed E-state index contributed by atoms with van der Waals surface area (Å²) in [6.07, 6.45) is 0. The number of rotatable bonds is 6. The van der Waals surface area contributed by atoms with Crippen LogP contribution in [0.4, 0.5) is 0 Å². The van der Waals surface area contributed by atoms with Crippen LogP contribution >= 0.6 is 27.7 Å². The van der Waals surface area contributed by atoms with Gasteiger partial charge in [0.1, 0.15) is 11.5 Å². The van der Waals surface area contributed by atoms with E-state index in [4.69, 9.17) is 15.2 Å². The molecule has 1 unspecified atom stereocenters. The van der Waals surface area contributed by atoms with Crippen molar-refractivity contribution >= 4 is 27.7 Å². The van der Waals surface area contributed by atoms with Crippen LogP contribution in [-0.4, -0.2) is 20.0 Å². The summed E-state index contributed by atoms with van der Waals surface area (Å²) < 4.78 is 11.9. The van der Waals surface area contributed by atoms with Crippen molar-refractivity contribution in [3.8, 4) is 11.5 Å². The molecule has 0 saturated carbocycles. The highest BCUT2D eigenvalue weighted by atomic mass is 79.9. The Balaban J connectivity index is 2.17. The molecule has 0 heterocycles. The second-order valence-corrected chi connectivity index (χ2v) is 6.34. The molecule has 21 heavy (non-hydrogen) atoms. The summed E-state index contributed by atoms with van der Waals surface area (Å²) in [5.41, 5.74) is 7.25. The predicted octanol–water partition coefficient (Wildman–Crippen LogP) is 4.26. The van der Waals surface area contributed by atoms with E-state index >= 15 is 0 Å². The van der Waals surface area contributed by atoms with Crippen molar-refractivity contribution in [1.29, 1.82) is 0 Å². The second kappa shape index (κ2) is 7.73. The first-order valence-corrected chi connectivity index (χ1v) is 8.29. The van der Waals surface area contributed by atoms with E-state index in [9.17, 15) is 0 Å². The zero-order valence-electron chi connectivity index (χ0n) is 12.0. The molecule has 0 saturated heterocycles. The van der Waals surface area contributed by atoms with Gasteiger partial charge in [-0.3, -0.25) is 0 Å². The zero-order chi connectivity index (χ0) is 15.2. The van der Waals surface area contributed by atoms with E-state index in [1.807, 2.05) is 36.4 Å². The molecule has 0 bridgehead atoms. The maximum atomic E-state index is 6.35. The first kappa shape index (κ1) is 16.2. The van der Waals surface area contributed by atoms with Gasteiger partial charge in [0.05, 0.1) is 19.8 Å².